The molecular formula is C21H18N2O4S2. The Balaban J connectivity index is 1.86. The molecule has 0 unspecified atom stereocenters. The maximum atomic E-state index is 13.4. The van der Waals surface area contributed by atoms with Gasteiger partial charge < -0.3 is 14.4 Å². The topological polar surface area (TPSA) is 59.1 Å². The summed E-state index contributed by atoms with van der Waals surface area (Å²) in [7, 11) is 3.07. The van der Waals surface area contributed by atoms with Crippen molar-refractivity contribution in [2.45, 2.75) is 6.92 Å². The third-order valence-electron chi connectivity index (χ3n) is 4.86. The number of benzene rings is 2. The van der Waals surface area contributed by atoms with Crippen molar-refractivity contribution in [2.24, 2.45) is 0 Å². The van der Waals surface area contributed by atoms with Crippen molar-refractivity contribution >= 4 is 57.1 Å². The van der Waals surface area contributed by atoms with Crippen LogP contribution in [0, 0.1) is 0 Å². The summed E-state index contributed by atoms with van der Waals surface area (Å²) in [5.74, 6) is 0.526. The molecule has 2 aliphatic heterocycles. The lowest BCUT2D eigenvalue weighted by molar-refractivity contribution is -0.115. The molecule has 1 fully saturated rings. The Bertz CT molecular complexity index is 1080. The Morgan fingerprint density at radius 1 is 1.00 bits per heavy atom. The number of fused-ring (bicyclic) bond motifs is 1. The molecule has 0 saturated carbocycles. The number of anilines is 2. The van der Waals surface area contributed by atoms with Crippen molar-refractivity contribution in [3.63, 3.8) is 0 Å². The van der Waals surface area contributed by atoms with Crippen LogP contribution in [0.2, 0.25) is 0 Å². The molecular weight excluding hydrogens is 408 g/mol. The lowest BCUT2D eigenvalue weighted by Crippen LogP contribution is -2.29. The highest BCUT2D eigenvalue weighted by Gasteiger charge is 2.42. The van der Waals surface area contributed by atoms with Gasteiger partial charge >= 0.3 is 0 Å². The lowest BCUT2D eigenvalue weighted by Gasteiger charge is -2.18. The highest BCUT2D eigenvalue weighted by Crippen LogP contribution is 2.47. The molecule has 0 N–H and O–H groups in total. The van der Waals surface area contributed by atoms with Gasteiger partial charge in [0.25, 0.3) is 11.8 Å². The van der Waals surface area contributed by atoms with E-state index < -0.39 is 0 Å². The molecule has 2 aromatic rings. The quantitative estimate of drug-likeness (QED) is 0.547. The average molecular weight is 427 g/mol. The smallest absolute Gasteiger partial charge is 0.271 e. The normalized spacial score (nSPS) is 18.5. The maximum absolute atomic E-state index is 13.4. The number of carbonyl (C=O) groups is 2. The van der Waals surface area contributed by atoms with Crippen LogP contribution in [-0.4, -0.2) is 36.9 Å². The first-order valence-corrected chi connectivity index (χ1v) is 10.2. The molecule has 0 bridgehead atoms. The average Bonchev–Trinajstić information content (AvgIpc) is 3.18. The molecule has 1 saturated heterocycles. The van der Waals surface area contributed by atoms with E-state index in [1.165, 1.54) is 12.0 Å². The number of hydrogen-bond acceptors (Lipinski definition) is 6. The van der Waals surface area contributed by atoms with Crippen LogP contribution < -0.4 is 19.3 Å². The van der Waals surface area contributed by atoms with Crippen LogP contribution in [0.25, 0.3) is 5.57 Å². The van der Waals surface area contributed by atoms with Gasteiger partial charge in [-0.2, -0.15) is 0 Å². The summed E-state index contributed by atoms with van der Waals surface area (Å²) in [4.78, 5) is 29.9. The summed E-state index contributed by atoms with van der Waals surface area (Å²) < 4.78 is 11.0. The van der Waals surface area contributed by atoms with Gasteiger partial charge in [0.1, 0.15) is 11.5 Å². The standard InChI is InChI=1S/C21H18N2O4S2/c1-4-22-14-8-6-5-7-13(14)17(19(22)24)18-20(25)23(21(28)29-18)15-11-12(26-2)9-10-16(15)27-3/h5-11H,4H2,1-3H3/b18-17+. The number of amides is 2. The Morgan fingerprint density at radius 3 is 2.45 bits per heavy atom. The second-order valence-electron chi connectivity index (χ2n) is 6.32. The predicted octanol–water partition coefficient (Wildman–Crippen LogP) is 3.85. The minimum absolute atomic E-state index is 0.188. The Kier molecular flexibility index (Phi) is 5.06. The lowest BCUT2D eigenvalue weighted by atomic mass is 10.1. The Labute approximate surface area is 178 Å². The highest BCUT2D eigenvalue weighted by atomic mass is 32.2. The molecule has 8 heteroatoms. The van der Waals surface area contributed by atoms with E-state index in [-0.39, 0.29) is 11.8 Å². The van der Waals surface area contributed by atoms with Crippen LogP contribution in [-0.2, 0) is 9.59 Å². The predicted molar refractivity (Wildman–Crippen MR) is 119 cm³/mol. The maximum Gasteiger partial charge on any atom is 0.271 e. The molecule has 6 nitrogen and oxygen atoms in total. The summed E-state index contributed by atoms with van der Waals surface area (Å²) >= 11 is 6.64. The van der Waals surface area contributed by atoms with Gasteiger partial charge in [0.2, 0.25) is 0 Å². The summed E-state index contributed by atoms with van der Waals surface area (Å²) in [6.07, 6.45) is 0. The monoisotopic (exact) mass is 426 g/mol. The highest BCUT2D eigenvalue weighted by molar-refractivity contribution is 8.27. The molecule has 0 atom stereocenters. The number of methoxy groups -OCH3 is 2. The zero-order valence-corrected chi connectivity index (χ0v) is 17.7. The molecule has 0 radical (unpaired) electrons. The first kappa shape index (κ1) is 19.5. The zero-order chi connectivity index (χ0) is 20.7. The van der Waals surface area contributed by atoms with Gasteiger partial charge in [-0.05, 0) is 25.1 Å². The summed E-state index contributed by atoms with van der Waals surface area (Å²) in [5, 5.41) is 0. The van der Waals surface area contributed by atoms with Crippen LogP contribution >= 0.6 is 24.0 Å². The molecule has 2 amide bonds. The van der Waals surface area contributed by atoms with E-state index in [0.29, 0.717) is 38.5 Å². The van der Waals surface area contributed by atoms with Gasteiger partial charge in [0.15, 0.2) is 4.32 Å². The number of thioether (sulfide) groups is 1. The SMILES string of the molecule is CCN1C(=O)/C(=C2/SC(=S)N(c3cc(OC)ccc3OC)C2=O)c2ccccc21. The summed E-state index contributed by atoms with van der Waals surface area (Å²) in [6.45, 7) is 2.42. The van der Waals surface area contributed by atoms with Crippen LogP contribution in [0.5, 0.6) is 11.5 Å². The van der Waals surface area contributed by atoms with Gasteiger partial charge in [-0.1, -0.05) is 42.2 Å². The molecule has 148 valence electrons. The van der Waals surface area contributed by atoms with Gasteiger partial charge in [-0.3, -0.25) is 14.5 Å². The Morgan fingerprint density at radius 2 is 1.76 bits per heavy atom. The van der Waals surface area contributed by atoms with Crippen molar-refractivity contribution in [1.82, 2.24) is 0 Å². The fourth-order valence-electron chi connectivity index (χ4n) is 3.51. The number of nitrogens with zero attached hydrogens (tertiary/aromatic N) is 2. The number of hydrogen-bond donors (Lipinski definition) is 0. The van der Waals surface area contributed by atoms with E-state index in [9.17, 15) is 9.59 Å². The molecule has 29 heavy (non-hydrogen) atoms. The fraction of sp³-hybridized carbons (Fsp3) is 0.190. The van der Waals surface area contributed by atoms with E-state index in [1.54, 1.807) is 30.2 Å². The minimum atomic E-state index is -0.345. The van der Waals surface area contributed by atoms with Crippen molar-refractivity contribution in [3.8, 4) is 11.5 Å². The molecule has 0 aromatic heterocycles. The number of carbonyl (C=O) groups excluding carboxylic acids is 2. The van der Waals surface area contributed by atoms with Crippen molar-refractivity contribution < 1.29 is 19.1 Å². The molecule has 2 aromatic carbocycles. The second kappa shape index (κ2) is 7.53. The summed E-state index contributed by atoms with van der Waals surface area (Å²) in [6, 6.07) is 12.6. The molecule has 2 aliphatic rings. The number of thiocarbonyl (C=S) groups is 1. The number of para-hydroxylation sites is 1. The third-order valence-corrected chi connectivity index (χ3v) is 6.24. The minimum Gasteiger partial charge on any atom is -0.497 e. The van der Waals surface area contributed by atoms with Gasteiger partial charge in [0.05, 0.1) is 36.1 Å². The van der Waals surface area contributed by atoms with Crippen molar-refractivity contribution in [2.75, 3.05) is 30.6 Å². The summed E-state index contributed by atoms with van der Waals surface area (Å²) in [5.41, 5.74) is 2.43. The van der Waals surface area contributed by atoms with Gasteiger partial charge in [-0.15, -0.1) is 0 Å². The van der Waals surface area contributed by atoms with E-state index in [0.717, 1.165) is 23.0 Å². The van der Waals surface area contributed by atoms with Gasteiger partial charge in [-0.25, -0.2) is 0 Å². The Hall–Kier alpha value is -2.84. The first-order chi connectivity index (χ1) is 14.0. The van der Waals surface area contributed by atoms with Crippen molar-refractivity contribution in [1.29, 1.82) is 0 Å². The fourth-order valence-corrected chi connectivity index (χ4v) is 4.87. The van der Waals surface area contributed by atoms with Gasteiger partial charge in [0, 0.05) is 18.2 Å². The van der Waals surface area contributed by atoms with Crippen LogP contribution in [0.1, 0.15) is 12.5 Å². The molecule has 0 aliphatic carbocycles. The van der Waals surface area contributed by atoms with Crippen LogP contribution in [0.4, 0.5) is 11.4 Å². The zero-order valence-electron chi connectivity index (χ0n) is 16.1. The molecule has 2 heterocycles. The van der Waals surface area contributed by atoms with Crippen molar-refractivity contribution in [3.05, 3.63) is 52.9 Å². The third kappa shape index (κ3) is 2.99. The van der Waals surface area contributed by atoms with Crippen LogP contribution in [0.15, 0.2) is 47.4 Å². The van der Waals surface area contributed by atoms with Crippen LogP contribution in [0.3, 0.4) is 0 Å². The second-order valence-corrected chi connectivity index (χ2v) is 7.96. The van der Waals surface area contributed by atoms with E-state index in [2.05, 4.69) is 0 Å². The van der Waals surface area contributed by atoms with E-state index in [1.807, 2.05) is 31.2 Å². The van der Waals surface area contributed by atoms with E-state index in [4.69, 9.17) is 21.7 Å². The number of rotatable bonds is 4. The molecule has 0 spiro atoms. The number of likely N-dealkylation sites (N-methyl/N-ethyl adjacent to an activating group) is 1. The number of ether oxygens (including phenoxy) is 2. The van der Waals surface area contributed by atoms with E-state index >= 15 is 0 Å². The first-order valence-electron chi connectivity index (χ1n) is 8.95. The largest absolute Gasteiger partial charge is 0.497 e. The molecule has 4 rings (SSSR count).